The molecule has 186 valence electrons. The lowest BCUT2D eigenvalue weighted by Gasteiger charge is -2.21. The summed E-state index contributed by atoms with van der Waals surface area (Å²) in [7, 11) is 3.10. The Bertz CT molecular complexity index is 1180. The number of hydrogen-bond donors (Lipinski definition) is 1. The lowest BCUT2D eigenvalue weighted by Crippen LogP contribution is -2.33. The molecule has 1 N–H and O–H groups in total. The molecule has 1 aliphatic rings. The number of aromatic nitrogens is 2. The largest absolute Gasteiger partial charge is 0.493 e. The van der Waals surface area contributed by atoms with Gasteiger partial charge in [-0.15, -0.1) is 0 Å². The summed E-state index contributed by atoms with van der Waals surface area (Å²) in [5.41, 5.74) is 2.27. The van der Waals surface area contributed by atoms with Crippen LogP contribution in [0.2, 0.25) is 0 Å². The van der Waals surface area contributed by atoms with Gasteiger partial charge in [0.15, 0.2) is 11.5 Å². The second kappa shape index (κ2) is 11.3. The maximum absolute atomic E-state index is 13.0. The van der Waals surface area contributed by atoms with E-state index in [1.165, 1.54) is 20.0 Å². The van der Waals surface area contributed by atoms with Crippen LogP contribution in [0.5, 0.6) is 11.5 Å². The number of carbonyl (C=O) groups is 2. The molecule has 8 nitrogen and oxygen atoms in total. The van der Waals surface area contributed by atoms with Gasteiger partial charge in [0, 0.05) is 31.6 Å². The van der Waals surface area contributed by atoms with Gasteiger partial charge in [0.1, 0.15) is 5.82 Å². The highest BCUT2D eigenvalue weighted by Gasteiger charge is 2.22. The fourth-order valence-electron chi connectivity index (χ4n) is 4.67. The summed E-state index contributed by atoms with van der Waals surface area (Å²) in [5, 5.41) is 3.05. The average Bonchev–Trinajstić information content (AvgIpc) is 3.04. The number of nitrogens with one attached hydrogen (secondary N) is 1. The molecule has 2 amide bonds. The number of benzene rings is 2. The summed E-state index contributed by atoms with van der Waals surface area (Å²) in [6.45, 7) is 4.11. The molecule has 1 saturated heterocycles. The standard InChI is InChI=1S/C27H34N4O4/c1-19(28-27(33)20-12-13-23(34-2)24(18-20)35-3)26-29-21-10-6-7-11-22(21)31(26)17-14-25(32)30-15-8-4-5-9-16-30/h6-7,10-13,18-19H,4-5,8-9,14-17H2,1-3H3,(H,28,33). The average molecular weight is 479 g/mol. The van der Waals surface area contributed by atoms with Gasteiger partial charge < -0.3 is 24.3 Å². The van der Waals surface area contributed by atoms with Gasteiger partial charge in [0.05, 0.1) is 31.3 Å². The van der Waals surface area contributed by atoms with Crippen LogP contribution in [0.15, 0.2) is 42.5 Å². The second-order valence-corrected chi connectivity index (χ2v) is 8.92. The van der Waals surface area contributed by atoms with E-state index in [-0.39, 0.29) is 17.9 Å². The highest BCUT2D eigenvalue weighted by molar-refractivity contribution is 5.95. The van der Waals surface area contributed by atoms with E-state index in [1.807, 2.05) is 36.1 Å². The number of amides is 2. The Hall–Kier alpha value is -3.55. The molecule has 0 bridgehead atoms. The molecule has 1 unspecified atom stereocenters. The van der Waals surface area contributed by atoms with Crippen molar-refractivity contribution in [3.8, 4) is 11.5 Å². The van der Waals surface area contributed by atoms with Gasteiger partial charge in [-0.1, -0.05) is 25.0 Å². The SMILES string of the molecule is COc1ccc(C(=O)NC(C)c2nc3ccccc3n2CCC(=O)N2CCCCCC2)cc1OC. The van der Waals surface area contributed by atoms with Crippen LogP contribution >= 0.6 is 0 Å². The highest BCUT2D eigenvalue weighted by Crippen LogP contribution is 2.28. The molecule has 0 spiro atoms. The van der Waals surface area contributed by atoms with Crippen molar-refractivity contribution in [3.05, 3.63) is 53.9 Å². The summed E-state index contributed by atoms with van der Waals surface area (Å²) in [5.74, 6) is 1.72. The van der Waals surface area contributed by atoms with Crippen LogP contribution < -0.4 is 14.8 Å². The van der Waals surface area contributed by atoms with E-state index in [2.05, 4.69) is 9.88 Å². The first-order valence-corrected chi connectivity index (χ1v) is 12.3. The molecule has 2 aromatic carbocycles. The monoisotopic (exact) mass is 478 g/mol. The number of aryl methyl sites for hydroxylation is 1. The molecule has 1 aromatic heterocycles. The highest BCUT2D eigenvalue weighted by atomic mass is 16.5. The Balaban J connectivity index is 1.53. The lowest BCUT2D eigenvalue weighted by molar-refractivity contribution is -0.131. The van der Waals surface area contributed by atoms with E-state index in [4.69, 9.17) is 14.5 Å². The lowest BCUT2D eigenvalue weighted by atomic mass is 10.1. The molecule has 0 aliphatic carbocycles. The van der Waals surface area contributed by atoms with Gasteiger partial charge in [0.25, 0.3) is 5.91 Å². The quantitative estimate of drug-likeness (QED) is 0.521. The minimum atomic E-state index is -0.365. The van der Waals surface area contributed by atoms with Gasteiger partial charge in [0.2, 0.25) is 5.91 Å². The van der Waals surface area contributed by atoms with Crippen molar-refractivity contribution in [2.24, 2.45) is 0 Å². The number of para-hydroxylation sites is 2. The Morgan fingerprint density at radius 1 is 1.00 bits per heavy atom. The number of likely N-dealkylation sites (tertiary alicyclic amines) is 1. The molecule has 35 heavy (non-hydrogen) atoms. The van der Waals surface area contributed by atoms with Crippen molar-refractivity contribution >= 4 is 22.8 Å². The fraction of sp³-hybridized carbons (Fsp3) is 0.444. The van der Waals surface area contributed by atoms with E-state index in [9.17, 15) is 9.59 Å². The molecule has 0 radical (unpaired) electrons. The minimum absolute atomic E-state index is 0.178. The summed E-state index contributed by atoms with van der Waals surface area (Å²) >= 11 is 0. The van der Waals surface area contributed by atoms with E-state index in [1.54, 1.807) is 25.3 Å². The third kappa shape index (κ3) is 5.58. The number of fused-ring (bicyclic) bond motifs is 1. The molecule has 4 rings (SSSR count). The number of hydrogen-bond acceptors (Lipinski definition) is 5. The number of methoxy groups -OCH3 is 2. The van der Waals surface area contributed by atoms with Gasteiger partial charge in [-0.25, -0.2) is 4.98 Å². The number of rotatable bonds is 8. The molecule has 3 aromatic rings. The molecule has 2 heterocycles. The first kappa shape index (κ1) is 24.6. The zero-order valence-electron chi connectivity index (χ0n) is 20.8. The van der Waals surface area contributed by atoms with Crippen LogP contribution in [0, 0.1) is 0 Å². The molecule has 8 heteroatoms. The molecule has 1 aliphatic heterocycles. The van der Waals surface area contributed by atoms with E-state index in [0.29, 0.717) is 30.0 Å². The molecular formula is C27H34N4O4. The molecule has 1 fully saturated rings. The van der Waals surface area contributed by atoms with Crippen molar-refractivity contribution in [2.45, 2.75) is 51.6 Å². The summed E-state index contributed by atoms with van der Waals surface area (Å²) in [6, 6.07) is 12.6. The minimum Gasteiger partial charge on any atom is -0.493 e. The third-order valence-electron chi connectivity index (χ3n) is 6.57. The first-order chi connectivity index (χ1) is 17.0. The predicted molar refractivity (Wildman–Crippen MR) is 135 cm³/mol. The smallest absolute Gasteiger partial charge is 0.251 e. The van der Waals surface area contributed by atoms with Gasteiger partial charge in [-0.05, 0) is 50.1 Å². The number of carbonyl (C=O) groups excluding carboxylic acids is 2. The fourth-order valence-corrected chi connectivity index (χ4v) is 4.67. The zero-order chi connectivity index (χ0) is 24.8. The Morgan fingerprint density at radius 2 is 1.71 bits per heavy atom. The van der Waals surface area contributed by atoms with Crippen molar-refractivity contribution in [1.29, 1.82) is 0 Å². The zero-order valence-corrected chi connectivity index (χ0v) is 20.8. The Morgan fingerprint density at radius 3 is 2.43 bits per heavy atom. The van der Waals surface area contributed by atoms with Crippen molar-refractivity contribution < 1.29 is 19.1 Å². The maximum Gasteiger partial charge on any atom is 0.251 e. The van der Waals surface area contributed by atoms with Gasteiger partial charge in [-0.3, -0.25) is 9.59 Å². The predicted octanol–water partition coefficient (Wildman–Crippen LogP) is 4.34. The summed E-state index contributed by atoms with van der Waals surface area (Å²) < 4.78 is 12.7. The molecule has 1 atom stereocenters. The molecule has 0 saturated carbocycles. The van der Waals surface area contributed by atoms with Crippen molar-refractivity contribution in [2.75, 3.05) is 27.3 Å². The van der Waals surface area contributed by atoms with Crippen LogP contribution in [0.3, 0.4) is 0 Å². The van der Waals surface area contributed by atoms with Crippen LogP contribution in [-0.4, -0.2) is 53.6 Å². The number of nitrogens with zero attached hydrogens (tertiary/aromatic N) is 3. The first-order valence-electron chi connectivity index (χ1n) is 12.3. The normalized spacial score (nSPS) is 14.9. The second-order valence-electron chi connectivity index (χ2n) is 8.92. The number of imidazole rings is 1. The Labute approximate surface area is 206 Å². The van der Waals surface area contributed by atoms with Crippen LogP contribution in [0.25, 0.3) is 11.0 Å². The van der Waals surface area contributed by atoms with E-state index >= 15 is 0 Å². The topological polar surface area (TPSA) is 85.7 Å². The van der Waals surface area contributed by atoms with E-state index in [0.717, 1.165) is 42.8 Å². The van der Waals surface area contributed by atoms with E-state index < -0.39 is 0 Å². The third-order valence-corrected chi connectivity index (χ3v) is 6.57. The van der Waals surface area contributed by atoms with Crippen LogP contribution in [-0.2, 0) is 11.3 Å². The van der Waals surface area contributed by atoms with Gasteiger partial charge >= 0.3 is 0 Å². The van der Waals surface area contributed by atoms with Gasteiger partial charge in [-0.2, -0.15) is 0 Å². The number of ether oxygens (including phenoxy) is 2. The van der Waals surface area contributed by atoms with Crippen LogP contribution in [0.1, 0.15) is 61.3 Å². The van der Waals surface area contributed by atoms with Crippen molar-refractivity contribution in [3.63, 3.8) is 0 Å². The molecular weight excluding hydrogens is 444 g/mol. The summed E-state index contributed by atoms with van der Waals surface area (Å²) in [4.78, 5) is 32.8. The summed E-state index contributed by atoms with van der Waals surface area (Å²) in [6.07, 6.45) is 4.94. The maximum atomic E-state index is 13.0. The van der Waals surface area contributed by atoms with Crippen molar-refractivity contribution in [1.82, 2.24) is 19.8 Å². The van der Waals surface area contributed by atoms with Crippen LogP contribution in [0.4, 0.5) is 0 Å². The Kier molecular flexibility index (Phi) is 7.90.